The Morgan fingerprint density at radius 1 is 1.03 bits per heavy atom. The zero-order valence-electron chi connectivity index (χ0n) is 18.4. The summed E-state index contributed by atoms with van der Waals surface area (Å²) in [6.45, 7) is 2.83. The van der Waals surface area contributed by atoms with Crippen LogP contribution in [0.15, 0.2) is 83.4 Å². The molecule has 0 radical (unpaired) electrons. The van der Waals surface area contributed by atoms with Crippen molar-refractivity contribution in [1.29, 1.82) is 0 Å². The molecule has 33 heavy (non-hydrogen) atoms. The first-order valence-electron chi connectivity index (χ1n) is 11.2. The average molecular weight is 445 g/mol. The van der Waals surface area contributed by atoms with Crippen LogP contribution in [0.4, 0.5) is 0 Å². The summed E-state index contributed by atoms with van der Waals surface area (Å²) in [4.78, 5) is 32.2. The summed E-state index contributed by atoms with van der Waals surface area (Å²) in [6.07, 6.45) is 9.44. The second-order valence-electron chi connectivity index (χ2n) is 8.09. The molecule has 0 bridgehead atoms. The molecule has 170 valence electrons. The number of hydrogen-bond acceptors (Lipinski definition) is 5. The van der Waals surface area contributed by atoms with Crippen LogP contribution in [0.25, 0.3) is 6.08 Å². The summed E-state index contributed by atoms with van der Waals surface area (Å²) >= 11 is 0. The lowest BCUT2D eigenvalue weighted by molar-refractivity contribution is -0.118. The van der Waals surface area contributed by atoms with Gasteiger partial charge in [0.25, 0.3) is 11.8 Å². The van der Waals surface area contributed by atoms with E-state index in [9.17, 15) is 9.59 Å². The van der Waals surface area contributed by atoms with E-state index in [1.165, 1.54) is 11.8 Å². The lowest BCUT2D eigenvalue weighted by Crippen LogP contribution is -2.47. The molecule has 3 aromatic rings. The van der Waals surface area contributed by atoms with Gasteiger partial charge in [-0.05, 0) is 61.2 Å². The van der Waals surface area contributed by atoms with Crippen molar-refractivity contribution < 1.29 is 14.0 Å². The van der Waals surface area contributed by atoms with E-state index in [0.717, 1.165) is 38.9 Å². The zero-order valence-corrected chi connectivity index (χ0v) is 18.4. The highest BCUT2D eigenvalue weighted by Gasteiger charge is 2.23. The molecular formula is C26H28N4O3. The zero-order chi connectivity index (χ0) is 22.9. The van der Waals surface area contributed by atoms with Crippen LogP contribution < -0.4 is 10.6 Å². The van der Waals surface area contributed by atoms with Gasteiger partial charge in [0.2, 0.25) is 0 Å². The lowest BCUT2D eigenvalue weighted by Gasteiger charge is -2.32. The first-order valence-corrected chi connectivity index (χ1v) is 11.2. The Labute approximate surface area is 193 Å². The van der Waals surface area contributed by atoms with E-state index in [0.29, 0.717) is 11.3 Å². The highest BCUT2D eigenvalue weighted by Crippen LogP contribution is 2.13. The van der Waals surface area contributed by atoms with Gasteiger partial charge in [0, 0.05) is 49.7 Å². The minimum atomic E-state index is -0.338. The van der Waals surface area contributed by atoms with Crippen molar-refractivity contribution in [2.45, 2.75) is 25.3 Å². The Hall–Kier alpha value is -3.71. The van der Waals surface area contributed by atoms with Gasteiger partial charge < -0.3 is 20.0 Å². The number of likely N-dealkylation sites (tertiary alicyclic amines) is 1. The molecule has 7 nitrogen and oxygen atoms in total. The number of rotatable bonds is 8. The van der Waals surface area contributed by atoms with Crippen LogP contribution in [0.3, 0.4) is 0 Å². The van der Waals surface area contributed by atoms with Crippen LogP contribution in [0.2, 0.25) is 0 Å². The molecule has 2 amide bonds. The van der Waals surface area contributed by atoms with Crippen LogP contribution in [0.1, 0.15) is 34.5 Å². The van der Waals surface area contributed by atoms with Crippen molar-refractivity contribution in [3.8, 4) is 0 Å². The minimum absolute atomic E-state index is 0.0586. The number of furan rings is 1. The van der Waals surface area contributed by atoms with Gasteiger partial charge in [0.15, 0.2) is 0 Å². The maximum Gasteiger partial charge on any atom is 0.268 e. The average Bonchev–Trinajstić information content (AvgIpc) is 3.37. The monoisotopic (exact) mass is 444 g/mol. The van der Waals surface area contributed by atoms with Crippen LogP contribution in [-0.4, -0.2) is 47.4 Å². The van der Waals surface area contributed by atoms with Crippen molar-refractivity contribution in [3.63, 3.8) is 0 Å². The largest absolute Gasteiger partial charge is 0.465 e. The fourth-order valence-electron chi connectivity index (χ4n) is 3.86. The summed E-state index contributed by atoms with van der Waals surface area (Å²) in [5.41, 5.74) is 1.93. The van der Waals surface area contributed by atoms with Gasteiger partial charge in [0.05, 0.1) is 6.26 Å². The van der Waals surface area contributed by atoms with Crippen molar-refractivity contribution in [2.75, 3.05) is 19.6 Å². The second kappa shape index (κ2) is 11.2. The first-order chi connectivity index (χ1) is 16.2. The fourth-order valence-corrected chi connectivity index (χ4v) is 3.86. The van der Waals surface area contributed by atoms with E-state index in [1.807, 2.05) is 30.6 Å². The number of nitrogens with one attached hydrogen (secondary N) is 2. The Morgan fingerprint density at radius 3 is 2.48 bits per heavy atom. The standard InChI is InChI=1S/C26H28N4O3/c31-25(21-5-2-1-3-6-21)29-24(19-23-7-4-18-33-23)26(32)28-22-11-16-30(17-12-22)15-10-20-8-13-27-14-9-20/h1-9,13-14,18-19,22H,10-12,15-17H2,(H,28,32)(H,29,31). The van der Waals surface area contributed by atoms with Crippen LogP contribution in [0.5, 0.6) is 0 Å². The topological polar surface area (TPSA) is 87.5 Å². The quantitative estimate of drug-likeness (QED) is 0.521. The van der Waals surface area contributed by atoms with E-state index in [4.69, 9.17) is 4.42 Å². The number of benzene rings is 1. The van der Waals surface area contributed by atoms with E-state index in [2.05, 4.69) is 20.5 Å². The molecule has 0 unspecified atom stereocenters. The van der Waals surface area contributed by atoms with Crippen molar-refractivity contribution >= 4 is 17.9 Å². The summed E-state index contributed by atoms with van der Waals surface area (Å²) in [5.74, 6) is -0.153. The lowest BCUT2D eigenvalue weighted by atomic mass is 10.0. The molecule has 1 saturated heterocycles. The van der Waals surface area contributed by atoms with Gasteiger partial charge in [-0.1, -0.05) is 18.2 Å². The highest BCUT2D eigenvalue weighted by molar-refractivity contribution is 6.05. The maximum atomic E-state index is 13.0. The molecule has 1 fully saturated rings. The molecule has 2 aromatic heterocycles. The van der Waals surface area contributed by atoms with Gasteiger partial charge in [-0.25, -0.2) is 0 Å². The first kappa shape index (κ1) is 22.5. The van der Waals surface area contributed by atoms with E-state index in [1.54, 1.807) is 42.5 Å². The van der Waals surface area contributed by atoms with Gasteiger partial charge in [-0.3, -0.25) is 14.6 Å². The van der Waals surface area contributed by atoms with Gasteiger partial charge in [-0.2, -0.15) is 0 Å². The van der Waals surface area contributed by atoms with Crippen LogP contribution in [-0.2, 0) is 11.2 Å². The predicted molar refractivity (Wildman–Crippen MR) is 126 cm³/mol. The molecule has 0 atom stereocenters. The number of amides is 2. The highest BCUT2D eigenvalue weighted by atomic mass is 16.3. The van der Waals surface area contributed by atoms with Gasteiger partial charge >= 0.3 is 0 Å². The molecule has 3 heterocycles. The number of aromatic nitrogens is 1. The van der Waals surface area contributed by atoms with Crippen molar-refractivity contribution in [3.05, 3.63) is 95.8 Å². The summed E-state index contributed by atoms with van der Waals surface area (Å²) in [7, 11) is 0. The molecular weight excluding hydrogens is 416 g/mol. The minimum Gasteiger partial charge on any atom is -0.465 e. The Kier molecular flexibility index (Phi) is 7.66. The molecule has 1 aromatic carbocycles. The smallest absolute Gasteiger partial charge is 0.268 e. The number of piperidine rings is 1. The fraction of sp³-hybridized carbons (Fsp3) is 0.269. The molecule has 2 N–H and O–H groups in total. The van der Waals surface area contributed by atoms with Crippen molar-refractivity contribution in [2.24, 2.45) is 0 Å². The third kappa shape index (κ3) is 6.63. The van der Waals surface area contributed by atoms with Crippen LogP contribution in [0, 0.1) is 0 Å². The molecule has 0 aliphatic carbocycles. The number of carbonyl (C=O) groups is 2. The maximum absolute atomic E-state index is 13.0. The molecule has 4 rings (SSSR count). The van der Waals surface area contributed by atoms with Gasteiger partial charge in [0.1, 0.15) is 11.5 Å². The number of nitrogens with zero attached hydrogens (tertiary/aromatic N) is 2. The number of pyridine rings is 1. The Morgan fingerprint density at radius 2 is 1.79 bits per heavy atom. The number of hydrogen-bond donors (Lipinski definition) is 2. The molecule has 1 aliphatic heterocycles. The SMILES string of the molecule is O=C(NC1CCN(CCc2ccncc2)CC1)C(=Cc1ccco1)NC(=O)c1ccccc1. The molecule has 0 saturated carbocycles. The third-order valence-electron chi connectivity index (χ3n) is 5.75. The van der Waals surface area contributed by atoms with Gasteiger partial charge in [-0.15, -0.1) is 0 Å². The molecule has 0 spiro atoms. The Balaban J connectivity index is 1.33. The second-order valence-corrected chi connectivity index (χ2v) is 8.09. The Bertz CT molecular complexity index is 1060. The van der Waals surface area contributed by atoms with E-state index >= 15 is 0 Å². The van der Waals surface area contributed by atoms with E-state index in [-0.39, 0.29) is 23.6 Å². The van der Waals surface area contributed by atoms with Crippen LogP contribution >= 0.6 is 0 Å². The normalized spacial score (nSPS) is 15.2. The summed E-state index contributed by atoms with van der Waals surface area (Å²) < 4.78 is 5.35. The predicted octanol–water partition coefficient (Wildman–Crippen LogP) is 3.27. The summed E-state index contributed by atoms with van der Waals surface area (Å²) in [6, 6.07) is 16.5. The van der Waals surface area contributed by atoms with Crippen molar-refractivity contribution in [1.82, 2.24) is 20.5 Å². The molecule has 1 aliphatic rings. The molecule has 7 heteroatoms. The third-order valence-corrected chi connectivity index (χ3v) is 5.75. The van der Waals surface area contributed by atoms with E-state index < -0.39 is 0 Å². The number of carbonyl (C=O) groups excluding carboxylic acids is 2. The summed E-state index contributed by atoms with van der Waals surface area (Å²) in [5, 5.41) is 5.83.